The Bertz CT molecular complexity index is 458. The molecule has 0 radical (unpaired) electrons. The Morgan fingerprint density at radius 2 is 2.28 bits per heavy atom. The van der Waals surface area contributed by atoms with Crippen molar-refractivity contribution in [3.05, 3.63) is 23.9 Å². The van der Waals surface area contributed by atoms with E-state index in [9.17, 15) is 4.79 Å². The summed E-state index contributed by atoms with van der Waals surface area (Å²) in [7, 11) is 0. The van der Waals surface area contributed by atoms with E-state index >= 15 is 0 Å². The number of amides is 1. The summed E-state index contributed by atoms with van der Waals surface area (Å²) in [6.45, 7) is 2.18. The Labute approximate surface area is 106 Å². The Morgan fingerprint density at radius 1 is 1.44 bits per heavy atom. The molecule has 1 saturated heterocycles. The van der Waals surface area contributed by atoms with E-state index in [1.807, 2.05) is 0 Å². The van der Waals surface area contributed by atoms with Gasteiger partial charge in [-0.05, 0) is 31.4 Å². The molecule has 1 aromatic heterocycles. The molecule has 2 heterocycles. The molecule has 1 amide bonds. The summed E-state index contributed by atoms with van der Waals surface area (Å²) >= 11 is 0. The number of nitrogens with one attached hydrogen (secondary N) is 1. The predicted octanol–water partition coefficient (Wildman–Crippen LogP) is 0.829. The number of nitrogens with two attached hydrogens (primary N) is 1. The second-order valence-electron chi connectivity index (χ2n) is 5.12. The normalized spacial score (nSPS) is 24.1. The number of carbonyl (C=O) groups excluding carboxylic acids is 1. The first-order chi connectivity index (χ1) is 8.74. The molecule has 0 spiro atoms. The van der Waals surface area contributed by atoms with Crippen molar-refractivity contribution in [3.63, 3.8) is 0 Å². The van der Waals surface area contributed by atoms with Crippen molar-refractivity contribution in [2.24, 2.45) is 5.73 Å². The zero-order valence-corrected chi connectivity index (χ0v) is 10.3. The number of primary amides is 1. The van der Waals surface area contributed by atoms with Crippen LogP contribution in [0.5, 0.6) is 0 Å². The van der Waals surface area contributed by atoms with Crippen LogP contribution in [-0.2, 0) is 0 Å². The number of rotatable bonds is 4. The average molecular weight is 246 g/mol. The number of hydrogen-bond acceptors (Lipinski definition) is 4. The van der Waals surface area contributed by atoms with Gasteiger partial charge in [0.2, 0.25) is 0 Å². The first kappa shape index (κ1) is 11.5. The minimum atomic E-state index is -0.428. The van der Waals surface area contributed by atoms with Gasteiger partial charge in [-0.3, -0.25) is 9.69 Å². The number of anilines is 1. The lowest BCUT2D eigenvalue weighted by molar-refractivity contribution is 0.100. The lowest BCUT2D eigenvalue weighted by atomic mass is 10.2. The number of pyridine rings is 1. The van der Waals surface area contributed by atoms with Gasteiger partial charge in [0.1, 0.15) is 5.82 Å². The summed E-state index contributed by atoms with van der Waals surface area (Å²) < 4.78 is 0. The van der Waals surface area contributed by atoms with E-state index < -0.39 is 5.91 Å². The van der Waals surface area contributed by atoms with Crippen LogP contribution in [-0.4, -0.2) is 41.0 Å². The lowest BCUT2D eigenvalue weighted by Crippen LogP contribution is -2.29. The van der Waals surface area contributed by atoms with Crippen molar-refractivity contribution in [2.75, 3.05) is 18.4 Å². The molecule has 5 heteroatoms. The molecule has 0 bridgehead atoms. The van der Waals surface area contributed by atoms with Gasteiger partial charge in [-0.1, -0.05) is 0 Å². The van der Waals surface area contributed by atoms with E-state index in [0.29, 0.717) is 17.4 Å². The lowest BCUT2D eigenvalue weighted by Gasteiger charge is -2.17. The van der Waals surface area contributed by atoms with Crippen molar-refractivity contribution >= 4 is 11.7 Å². The molecule has 2 fully saturated rings. The Morgan fingerprint density at radius 3 is 3.00 bits per heavy atom. The number of hydrogen-bond donors (Lipinski definition) is 2. The summed E-state index contributed by atoms with van der Waals surface area (Å²) in [6, 6.07) is 4.62. The number of likely N-dealkylation sites (tertiary alicyclic amines) is 1. The van der Waals surface area contributed by atoms with Crippen LogP contribution < -0.4 is 11.1 Å². The van der Waals surface area contributed by atoms with Crippen molar-refractivity contribution in [3.8, 4) is 0 Å². The Hall–Kier alpha value is -1.62. The van der Waals surface area contributed by atoms with E-state index in [-0.39, 0.29) is 0 Å². The monoisotopic (exact) mass is 246 g/mol. The van der Waals surface area contributed by atoms with Gasteiger partial charge in [0.25, 0.3) is 5.91 Å². The molecule has 1 aliphatic heterocycles. The highest BCUT2D eigenvalue weighted by molar-refractivity contribution is 5.97. The first-order valence-electron chi connectivity index (χ1n) is 6.49. The molecule has 1 unspecified atom stereocenters. The summed E-state index contributed by atoms with van der Waals surface area (Å²) in [4.78, 5) is 18.0. The number of carbonyl (C=O) groups is 1. The zero-order valence-electron chi connectivity index (χ0n) is 10.3. The van der Waals surface area contributed by atoms with Gasteiger partial charge in [-0.2, -0.15) is 0 Å². The maximum Gasteiger partial charge on any atom is 0.252 e. The molecular formula is C13H18N4O. The molecule has 18 heavy (non-hydrogen) atoms. The van der Waals surface area contributed by atoms with Crippen LogP contribution in [0.4, 0.5) is 5.82 Å². The predicted molar refractivity (Wildman–Crippen MR) is 69.4 cm³/mol. The maximum absolute atomic E-state index is 11.3. The zero-order chi connectivity index (χ0) is 12.5. The number of nitrogens with zero attached hydrogens (tertiary/aromatic N) is 2. The van der Waals surface area contributed by atoms with Crippen LogP contribution in [0.1, 0.15) is 29.6 Å². The SMILES string of the molecule is NC(=O)c1cccnc1NC1CCN(C2CC2)C1. The van der Waals surface area contributed by atoms with E-state index in [4.69, 9.17) is 5.73 Å². The second kappa shape index (κ2) is 4.57. The standard InChI is InChI=1S/C13H18N4O/c14-12(18)11-2-1-6-15-13(11)16-9-5-7-17(8-9)10-3-4-10/h1-2,6,9-10H,3-5,7-8H2,(H2,14,18)(H,15,16). The fourth-order valence-electron chi connectivity index (χ4n) is 2.59. The Balaban J connectivity index is 1.67. The van der Waals surface area contributed by atoms with Crippen LogP contribution in [0.25, 0.3) is 0 Å². The van der Waals surface area contributed by atoms with E-state index in [1.54, 1.807) is 18.3 Å². The van der Waals surface area contributed by atoms with Crippen molar-refractivity contribution in [1.29, 1.82) is 0 Å². The minimum Gasteiger partial charge on any atom is -0.365 e. The molecule has 1 saturated carbocycles. The molecule has 1 aliphatic carbocycles. The van der Waals surface area contributed by atoms with E-state index in [1.165, 1.54) is 12.8 Å². The highest BCUT2D eigenvalue weighted by Gasteiger charge is 2.34. The summed E-state index contributed by atoms with van der Waals surface area (Å²) in [5.41, 5.74) is 5.82. The molecule has 5 nitrogen and oxygen atoms in total. The van der Waals surface area contributed by atoms with Crippen LogP contribution in [0.3, 0.4) is 0 Å². The van der Waals surface area contributed by atoms with Gasteiger partial charge >= 0.3 is 0 Å². The van der Waals surface area contributed by atoms with Crippen LogP contribution >= 0.6 is 0 Å². The molecule has 1 atom stereocenters. The summed E-state index contributed by atoms with van der Waals surface area (Å²) in [5.74, 6) is 0.190. The van der Waals surface area contributed by atoms with Crippen LogP contribution in [0.15, 0.2) is 18.3 Å². The van der Waals surface area contributed by atoms with Gasteiger partial charge in [0, 0.05) is 31.4 Å². The smallest absolute Gasteiger partial charge is 0.252 e. The van der Waals surface area contributed by atoms with Crippen LogP contribution in [0, 0.1) is 0 Å². The third-order valence-corrected chi connectivity index (χ3v) is 3.70. The van der Waals surface area contributed by atoms with Crippen molar-refractivity contribution < 1.29 is 4.79 Å². The fourth-order valence-corrected chi connectivity index (χ4v) is 2.59. The highest BCUT2D eigenvalue weighted by Crippen LogP contribution is 2.30. The van der Waals surface area contributed by atoms with E-state index in [0.717, 1.165) is 25.6 Å². The maximum atomic E-state index is 11.3. The molecule has 96 valence electrons. The molecule has 3 N–H and O–H groups in total. The average Bonchev–Trinajstić information content (AvgIpc) is 3.11. The minimum absolute atomic E-state index is 0.374. The molecular weight excluding hydrogens is 228 g/mol. The van der Waals surface area contributed by atoms with Gasteiger partial charge in [-0.25, -0.2) is 4.98 Å². The van der Waals surface area contributed by atoms with E-state index in [2.05, 4.69) is 15.2 Å². The molecule has 3 rings (SSSR count). The second-order valence-corrected chi connectivity index (χ2v) is 5.12. The van der Waals surface area contributed by atoms with Crippen molar-refractivity contribution in [1.82, 2.24) is 9.88 Å². The Kier molecular flexibility index (Phi) is 2.91. The summed E-state index contributed by atoms with van der Waals surface area (Å²) in [5, 5.41) is 3.35. The fraction of sp³-hybridized carbons (Fsp3) is 0.538. The highest BCUT2D eigenvalue weighted by atomic mass is 16.1. The van der Waals surface area contributed by atoms with Gasteiger partial charge < -0.3 is 11.1 Å². The van der Waals surface area contributed by atoms with Gasteiger partial charge in [0.15, 0.2) is 0 Å². The molecule has 2 aliphatic rings. The third-order valence-electron chi connectivity index (χ3n) is 3.70. The molecule has 0 aromatic carbocycles. The third kappa shape index (κ3) is 2.31. The quantitative estimate of drug-likeness (QED) is 0.825. The van der Waals surface area contributed by atoms with Crippen LogP contribution in [0.2, 0.25) is 0 Å². The first-order valence-corrected chi connectivity index (χ1v) is 6.49. The summed E-state index contributed by atoms with van der Waals surface area (Å²) in [6.07, 6.45) is 5.46. The molecule has 1 aromatic rings. The van der Waals surface area contributed by atoms with Gasteiger partial charge in [-0.15, -0.1) is 0 Å². The topological polar surface area (TPSA) is 71.2 Å². The largest absolute Gasteiger partial charge is 0.365 e. The number of aromatic nitrogens is 1. The van der Waals surface area contributed by atoms with Gasteiger partial charge in [0.05, 0.1) is 5.56 Å². The van der Waals surface area contributed by atoms with Crippen molar-refractivity contribution in [2.45, 2.75) is 31.3 Å².